The molecule has 0 atom stereocenters. The third-order valence-corrected chi connectivity index (χ3v) is 3.38. The fourth-order valence-electron chi connectivity index (χ4n) is 1.72. The van der Waals surface area contributed by atoms with Crippen LogP contribution in [-0.4, -0.2) is 13.1 Å². The summed E-state index contributed by atoms with van der Waals surface area (Å²) < 4.78 is 18.6. The van der Waals surface area contributed by atoms with Crippen molar-refractivity contribution >= 4 is 39.0 Å². The largest absolute Gasteiger partial charge is 0.465 e. The second kappa shape index (κ2) is 5.92. The molecule has 0 aliphatic carbocycles. The van der Waals surface area contributed by atoms with Crippen LogP contribution in [-0.2, 0) is 4.74 Å². The summed E-state index contributed by atoms with van der Waals surface area (Å²) in [5.74, 6) is -0.919. The molecule has 2 rings (SSSR count). The molecule has 2 aromatic carbocycles. The summed E-state index contributed by atoms with van der Waals surface area (Å²) in [6, 6.07) is 9.06. The molecular weight excluding hydrogens is 327 g/mol. The van der Waals surface area contributed by atoms with Crippen molar-refractivity contribution in [2.45, 2.75) is 0 Å². The second-order valence-corrected chi connectivity index (χ2v) is 4.86. The summed E-state index contributed by atoms with van der Waals surface area (Å²) in [7, 11) is 1.29. The number of nitrogen functional groups attached to an aromatic ring is 1. The second-order valence-electron chi connectivity index (χ2n) is 4.01. The molecule has 0 radical (unpaired) electrons. The normalized spacial score (nSPS) is 10.2. The molecular formula is C14H12BrFN2O2. The highest BCUT2D eigenvalue weighted by Gasteiger charge is 2.15. The number of halogens is 2. The van der Waals surface area contributed by atoms with Gasteiger partial charge in [-0.1, -0.05) is 6.07 Å². The van der Waals surface area contributed by atoms with E-state index in [4.69, 9.17) is 10.5 Å². The van der Waals surface area contributed by atoms with Gasteiger partial charge in [-0.15, -0.1) is 0 Å². The SMILES string of the molecule is COC(=O)c1cccc(N)c1Nc1cc(F)ccc1Br. The molecule has 20 heavy (non-hydrogen) atoms. The van der Waals surface area contributed by atoms with Crippen LogP contribution in [0.5, 0.6) is 0 Å². The van der Waals surface area contributed by atoms with E-state index in [1.165, 1.54) is 19.2 Å². The number of carbonyl (C=O) groups excluding carboxylic acids is 1. The van der Waals surface area contributed by atoms with Crippen LogP contribution in [0.1, 0.15) is 10.4 Å². The van der Waals surface area contributed by atoms with Crippen molar-refractivity contribution in [1.29, 1.82) is 0 Å². The molecule has 0 amide bonds. The topological polar surface area (TPSA) is 64.3 Å². The molecule has 3 N–H and O–H groups in total. The Bertz CT molecular complexity index is 662. The van der Waals surface area contributed by atoms with Crippen molar-refractivity contribution in [3.8, 4) is 0 Å². The first-order chi connectivity index (χ1) is 9.52. The molecule has 0 saturated carbocycles. The fraction of sp³-hybridized carbons (Fsp3) is 0.0714. The number of nitrogens with two attached hydrogens (primary N) is 1. The van der Waals surface area contributed by atoms with Crippen LogP contribution < -0.4 is 11.1 Å². The third-order valence-electron chi connectivity index (χ3n) is 2.69. The molecule has 0 heterocycles. The van der Waals surface area contributed by atoms with Gasteiger partial charge in [0, 0.05) is 4.47 Å². The van der Waals surface area contributed by atoms with Gasteiger partial charge < -0.3 is 15.8 Å². The zero-order valence-electron chi connectivity index (χ0n) is 10.6. The number of rotatable bonds is 3. The van der Waals surface area contributed by atoms with E-state index in [1.807, 2.05) is 0 Å². The Balaban J connectivity index is 2.47. The molecule has 0 fully saturated rings. The molecule has 0 aliphatic rings. The molecule has 0 aromatic heterocycles. The van der Waals surface area contributed by atoms with Gasteiger partial charge in [0.05, 0.1) is 29.7 Å². The van der Waals surface area contributed by atoms with Crippen LogP contribution in [0.25, 0.3) is 0 Å². The summed E-state index contributed by atoms with van der Waals surface area (Å²) in [6.07, 6.45) is 0. The third kappa shape index (κ3) is 2.91. The number of para-hydroxylation sites is 1. The molecule has 0 aliphatic heterocycles. The first-order valence-electron chi connectivity index (χ1n) is 5.72. The molecule has 6 heteroatoms. The fourth-order valence-corrected chi connectivity index (χ4v) is 2.06. The van der Waals surface area contributed by atoms with Gasteiger partial charge in [-0.05, 0) is 46.3 Å². The van der Waals surface area contributed by atoms with Crippen LogP contribution in [0.3, 0.4) is 0 Å². The van der Waals surface area contributed by atoms with E-state index in [0.717, 1.165) is 0 Å². The Labute approximate surface area is 123 Å². The number of methoxy groups -OCH3 is 1. The van der Waals surface area contributed by atoms with Crippen LogP contribution in [0.15, 0.2) is 40.9 Å². The van der Waals surface area contributed by atoms with E-state index in [1.54, 1.807) is 24.3 Å². The Morgan fingerprint density at radius 1 is 1.35 bits per heavy atom. The van der Waals surface area contributed by atoms with E-state index >= 15 is 0 Å². The number of ether oxygens (including phenoxy) is 1. The Morgan fingerprint density at radius 3 is 2.80 bits per heavy atom. The van der Waals surface area contributed by atoms with E-state index in [0.29, 0.717) is 21.5 Å². The lowest BCUT2D eigenvalue weighted by atomic mass is 10.1. The lowest BCUT2D eigenvalue weighted by Gasteiger charge is -2.14. The highest BCUT2D eigenvalue weighted by molar-refractivity contribution is 9.10. The molecule has 0 unspecified atom stereocenters. The summed E-state index contributed by atoms with van der Waals surface area (Å²) in [5, 5.41) is 2.95. The minimum absolute atomic E-state index is 0.281. The number of carbonyl (C=O) groups is 1. The summed E-state index contributed by atoms with van der Waals surface area (Å²) in [5.41, 5.74) is 7.36. The predicted octanol–water partition coefficient (Wildman–Crippen LogP) is 3.70. The quantitative estimate of drug-likeness (QED) is 0.661. The Kier molecular flexibility index (Phi) is 4.24. The van der Waals surface area contributed by atoms with Crippen molar-refractivity contribution in [2.24, 2.45) is 0 Å². The zero-order chi connectivity index (χ0) is 14.7. The molecule has 2 aromatic rings. The van der Waals surface area contributed by atoms with Crippen molar-refractivity contribution in [3.05, 3.63) is 52.3 Å². The smallest absolute Gasteiger partial charge is 0.340 e. The highest BCUT2D eigenvalue weighted by Crippen LogP contribution is 2.32. The maximum absolute atomic E-state index is 13.3. The van der Waals surface area contributed by atoms with Gasteiger partial charge in [0.15, 0.2) is 0 Å². The number of anilines is 3. The Hall–Kier alpha value is -2.08. The van der Waals surface area contributed by atoms with Crippen LogP contribution in [0.4, 0.5) is 21.5 Å². The summed E-state index contributed by atoms with van der Waals surface area (Å²) in [6.45, 7) is 0. The number of hydrogen-bond acceptors (Lipinski definition) is 4. The predicted molar refractivity (Wildman–Crippen MR) is 79.6 cm³/mol. The van der Waals surface area contributed by atoms with Gasteiger partial charge in [0.25, 0.3) is 0 Å². The van der Waals surface area contributed by atoms with Crippen molar-refractivity contribution in [2.75, 3.05) is 18.2 Å². The van der Waals surface area contributed by atoms with E-state index < -0.39 is 11.8 Å². The number of benzene rings is 2. The summed E-state index contributed by atoms with van der Waals surface area (Å²) in [4.78, 5) is 11.7. The lowest BCUT2D eigenvalue weighted by Crippen LogP contribution is -2.08. The minimum atomic E-state index is -0.521. The van der Waals surface area contributed by atoms with Crippen molar-refractivity contribution in [3.63, 3.8) is 0 Å². The minimum Gasteiger partial charge on any atom is -0.465 e. The standard InChI is InChI=1S/C14H12BrFN2O2/c1-20-14(19)9-3-2-4-11(17)13(9)18-12-7-8(16)5-6-10(12)15/h2-7,18H,17H2,1H3. The molecule has 4 nitrogen and oxygen atoms in total. The lowest BCUT2D eigenvalue weighted by molar-refractivity contribution is 0.0602. The van der Waals surface area contributed by atoms with Gasteiger partial charge in [-0.3, -0.25) is 0 Å². The highest BCUT2D eigenvalue weighted by atomic mass is 79.9. The molecule has 0 bridgehead atoms. The first-order valence-corrected chi connectivity index (χ1v) is 6.51. The molecule has 104 valence electrons. The van der Waals surface area contributed by atoms with Crippen molar-refractivity contribution in [1.82, 2.24) is 0 Å². The van der Waals surface area contributed by atoms with Gasteiger partial charge in [0.1, 0.15) is 5.82 Å². The van der Waals surface area contributed by atoms with Gasteiger partial charge in [0.2, 0.25) is 0 Å². The van der Waals surface area contributed by atoms with Crippen LogP contribution in [0, 0.1) is 5.82 Å². The first kappa shape index (κ1) is 14.3. The van der Waals surface area contributed by atoms with Crippen molar-refractivity contribution < 1.29 is 13.9 Å². The van der Waals surface area contributed by atoms with Gasteiger partial charge in [-0.2, -0.15) is 0 Å². The molecule has 0 spiro atoms. The Morgan fingerprint density at radius 2 is 2.10 bits per heavy atom. The monoisotopic (exact) mass is 338 g/mol. The maximum atomic E-state index is 13.3. The van der Waals surface area contributed by atoms with Gasteiger partial charge in [-0.25, -0.2) is 9.18 Å². The summed E-state index contributed by atoms with van der Waals surface area (Å²) >= 11 is 3.30. The number of nitrogens with one attached hydrogen (secondary N) is 1. The number of hydrogen-bond donors (Lipinski definition) is 2. The van der Waals surface area contributed by atoms with E-state index in [2.05, 4.69) is 21.2 Å². The zero-order valence-corrected chi connectivity index (χ0v) is 12.2. The average Bonchev–Trinajstić information content (AvgIpc) is 2.44. The van der Waals surface area contributed by atoms with Crippen LogP contribution in [0.2, 0.25) is 0 Å². The molecule has 0 saturated heterocycles. The average molecular weight is 339 g/mol. The van der Waals surface area contributed by atoms with E-state index in [-0.39, 0.29) is 5.56 Å². The maximum Gasteiger partial charge on any atom is 0.340 e. The van der Waals surface area contributed by atoms with Gasteiger partial charge >= 0.3 is 5.97 Å². The van der Waals surface area contributed by atoms with Crippen LogP contribution >= 0.6 is 15.9 Å². The number of esters is 1. The van der Waals surface area contributed by atoms with E-state index in [9.17, 15) is 9.18 Å².